The maximum atomic E-state index is 13.1. The molecule has 1 aromatic carbocycles. The summed E-state index contributed by atoms with van der Waals surface area (Å²) in [5.41, 5.74) is 1.23. The summed E-state index contributed by atoms with van der Waals surface area (Å²) >= 11 is 0. The predicted molar refractivity (Wildman–Crippen MR) is 96.0 cm³/mol. The van der Waals surface area contributed by atoms with Gasteiger partial charge in [0, 0.05) is 17.1 Å². The molecule has 27 heavy (non-hydrogen) atoms. The van der Waals surface area contributed by atoms with E-state index >= 15 is 0 Å². The molecule has 1 atom stereocenters. The first-order chi connectivity index (χ1) is 13.0. The number of nitrogens with one attached hydrogen (secondary N) is 2. The number of hydrogen-bond acceptors (Lipinski definition) is 6. The molecule has 0 saturated carbocycles. The minimum Gasteiger partial charge on any atom is -0.464 e. The van der Waals surface area contributed by atoms with E-state index in [0.717, 1.165) is 5.39 Å². The summed E-state index contributed by atoms with van der Waals surface area (Å²) < 4.78 is 16.0. The Hall–Kier alpha value is -3.55. The minimum atomic E-state index is -0.974. The van der Waals surface area contributed by atoms with Crippen molar-refractivity contribution >= 4 is 33.9 Å². The number of ether oxygens (including phenoxy) is 1. The van der Waals surface area contributed by atoms with Gasteiger partial charge in [-0.25, -0.2) is 9.59 Å². The van der Waals surface area contributed by atoms with Crippen LogP contribution in [0.15, 0.2) is 55.6 Å². The van der Waals surface area contributed by atoms with E-state index in [1.807, 2.05) is 0 Å². The highest BCUT2D eigenvalue weighted by Gasteiger charge is 2.34. The second-order valence-electron chi connectivity index (χ2n) is 6.12. The molecule has 2 amide bonds. The van der Waals surface area contributed by atoms with Crippen LogP contribution in [0.1, 0.15) is 25.5 Å². The van der Waals surface area contributed by atoms with Crippen LogP contribution in [-0.2, 0) is 9.53 Å². The molecule has 1 unspecified atom stereocenters. The number of carbonyl (C=O) groups excluding carboxylic acids is 2. The van der Waals surface area contributed by atoms with Gasteiger partial charge in [0.2, 0.25) is 0 Å². The number of allylic oxidation sites excluding steroid dienone is 1. The van der Waals surface area contributed by atoms with E-state index in [4.69, 9.17) is 13.6 Å². The summed E-state index contributed by atoms with van der Waals surface area (Å²) in [7, 11) is 0. The summed E-state index contributed by atoms with van der Waals surface area (Å²) in [6, 6.07) is 3.53. The molecule has 0 bridgehead atoms. The maximum Gasteiger partial charge on any atom is 0.338 e. The second-order valence-corrected chi connectivity index (χ2v) is 6.12. The molecule has 1 aliphatic heterocycles. The van der Waals surface area contributed by atoms with Crippen molar-refractivity contribution in [3.05, 3.63) is 57.8 Å². The van der Waals surface area contributed by atoms with Gasteiger partial charge in [-0.2, -0.15) is 0 Å². The van der Waals surface area contributed by atoms with E-state index in [1.165, 1.54) is 12.5 Å². The van der Waals surface area contributed by atoms with Gasteiger partial charge >= 0.3 is 12.0 Å². The number of furan rings is 1. The molecule has 1 aliphatic rings. The number of amides is 2. The fourth-order valence-corrected chi connectivity index (χ4v) is 3.21. The first kappa shape index (κ1) is 16.9. The van der Waals surface area contributed by atoms with E-state index in [1.54, 1.807) is 32.0 Å². The standard InChI is InChI=1S/C19H16N2O6/c1-3-25-18(23)15-9(2)20-19(24)21-16(15)12-8-27-14-7-13-10(4-5-26-13)6-11(14)17(12)22/h4-8,16H,3H2,1-2H3,(H2,20,21,24). The first-order valence-corrected chi connectivity index (χ1v) is 8.37. The van der Waals surface area contributed by atoms with Crippen LogP contribution in [0.2, 0.25) is 0 Å². The number of hydrogen-bond donors (Lipinski definition) is 2. The van der Waals surface area contributed by atoms with Crippen LogP contribution in [0.3, 0.4) is 0 Å². The molecule has 4 rings (SSSR count). The lowest BCUT2D eigenvalue weighted by Crippen LogP contribution is -2.46. The topological polar surface area (TPSA) is 111 Å². The maximum absolute atomic E-state index is 13.1. The molecule has 138 valence electrons. The van der Waals surface area contributed by atoms with Gasteiger partial charge in [0.25, 0.3) is 0 Å². The Labute approximate surface area is 152 Å². The van der Waals surface area contributed by atoms with Gasteiger partial charge in [0.1, 0.15) is 17.4 Å². The Kier molecular flexibility index (Phi) is 3.95. The van der Waals surface area contributed by atoms with E-state index in [9.17, 15) is 14.4 Å². The SMILES string of the molecule is CCOC(=O)C1=C(C)NC(=O)NC1c1coc2cc3occc3cc2c1=O. The summed E-state index contributed by atoms with van der Waals surface area (Å²) in [6.07, 6.45) is 2.77. The summed E-state index contributed by atoms with van der Waals surface area (Å²) in [5, 5.41) is 6.21. The van der Waals surface area contributed by atoms with Gasteiger partial charge in [-0.1, -0.05) is 0 Å². The van der Waals surface area contributed by atoms with Crippen molar-refractivity contribution < 1.29 is 23.2 Å². The molecule has 0 saturated heterocycles. The summed E-state index contributed by atoms with van der Waals surface area (Å²) in [5.74, 6) is -0.614. The lowest BCUT2D eigenvalue weighted by atomic mass is 9.95. The Bertz CT molecular complexity index is 1170. The van der Waals surface area contributed by atoms with Crippen molar-refractivity contribution in [2.24, 2.45) is 0 Å². The van der Waals surface area contributed by atoms with Gasteiger partial charge in [0.05, 0.1) is 35.4 Å². The number of fused-ring (bicyclic) bond motifs is 2. The van der Waals surface area contributed by atoms with Crippen LogP contribution in [0, 0.1) is 0 Å². The molecule has 2 aromatic heterocycles. The van der Waals surface area contributed by atoms with E-state index in [0.29, 0.717) is 22.2 Å². The fourth-order valence-electron chi connectivity index (χ4n) is 3.21. The monoisotopic (exact) mass is 368 g/mol. The number of esters is 1. The van der Waals surface area contributed by atoms with E-state index < -0.39 is 18.0 Å². The van der Waals surface area contributed by atoms with Crippen LogP contribution in [0.25, 0.3) is 21.9 Å². The molecule has 2 N–H and O–H groups in total. The Morgan fingerprint density at radius 3 is 2.81 bits per heavy atom. The Morgan fingerprint density at radius 1 is 1.22 bits per heavy atom. The van der Waals surface area contributed by atoms with Crippen LogP contribution >= 0.6 is 0 Å². The van der Waals surface area contributed by atoms with E-state index in [2.05, 4.69) is 10.6 Å². The summed E-state index contributed by atoms with van der Waals surface area (Å²) in [4.78, 5) is 37.4. The van der Waals surface area contributed by atoms with Crippen molar-refractivity contribution in [2.75, 3.05) is 6.61 Å². The van der Waals surface area contributed by atoms with Crippen LogP contribution in [0.5, 0.6) is 0 Å². The quantitative estimate of drug-likeness (QED) is 0.688. The molecule has 0 aliphatic carbocycles. The van der Waals surface area contributed by atoms with Crippen LogP contribution in [0.4, 0.5) is 4.79 Å². The number of benzene rings is 1. The third-order valence-electron chi connectivity index (χ3n) is 4.45. The van der Waals surface area contributed by atoms with E-state index in [-0.39, 0.29) is 23.2 Å². The van der Waals surface area contributed by atoms with Gasteiger partial charge in [-0.3, -0.25) is 4.79 Å². The molecule has 0 spiro atoms. The van der Waals surface area contributed by atoms with Crippen molar-refractivity contribution in [1.82, 2.24) is 10.6 Å². The number of carbonyl (C=O) groups is 2. The van der Waals surface area contributed by atoms with Gasteiger partial charge in [-0.15, -0.1) is 0 Å². The highest BCUT2D eigenvalue weighted by atomic mass is 16.5. The van der Waals surface area contributed by atoms with Crippen LogP contribution < -0.4 is 16.1 Å². The second kappa shape index (κ2) is 6.31. The lowest BCUT2D eigenvalue weighted by molar-refractivity contribution is -0.139. The summed E-state index contributed by atoms with van der Waals surface area (Å²) in [6.45, 7) is 3.43. The number of urea groups is 1. The average molecular weight is 368 g/mol. The van der Waals surface area contributed by atoms with Crippen molar-refractivity contribution in [1.29, 1.82) is 0 Å². The van der Waals surface area contributed by atoms with Crippen molar-refractivity contribution in [2.45, 2.75) is 19.9 Å². The lowest BCUT2D eigenvalue weighted by Gasteiger charge is -2.27. The zero-order valence-electron chi connectivity index (χ0n) is 14.6. The van der Waals surface area contributed by atoms with Gasteiger partial charge in [0.15, 0.2) is 5.43 Å². The normalized spacial score (nSPS) is 17.1. The zero-order chi connectivity index (χ0) is 19.1. The molecule has 8 nitrogen and oxygen atoms in total. The smallest absolute Gasteiger partial charge is 0.338 e. The molecule has 0 fully saturated rings. The number of rotatable bonds is 3. The zero-order valence-corrected chi connectivity index (χ0v) is 14.6. The minimum absolute atomic E-state index is 0.141. The van der Waals surface area contributed by atoms with Crippen molar-refractivity contribution in [3.8, 4) is 0 Å². The van der Waals surface area contributed by atoms with Crippen molar-refractivity contribution in [3.63, 3.8) is 0 Å². The van der Waals surface area contributed by atoms with Crippen LogP contribution in [-0.4, -0.2) is 18.6 Å². The Morgan fingerprint density at radius 2 is 2.04 bits per heavy atom. The highest BCUT2D eigenvalue weighted by Crippen LogP contribution is 2.28. The first-order valence-electron chi connectivity index (χ1n) is 8.37. The fraction of sp³-hybridized carbons (Fsp3) is 0.211. The highest BCUT2D eigenvalue weighted by molar-refractivity contribution is 5.96. The molecular weight excluding hydrogens is 352 g/mol. The third-order valence-corrected chi connectivity index (χ3v) is 4.45. The predicted octanol–water partition coefficient (Wildman–Crippen LogP) is 2.73. The average Bonchev–Trinajstić information content (AvgIpc) is 3.07. The molecular formula is C19H16N2O6. The molecule has 8 heteroatoms. The largest absolute Gasteiger partial charge is 0.464 e. The Balaban J connectivity index is 1.91. The molecule has 3 heterocycles. The third kappa shape index (κ3) is 2.75. The van der Waals surface area contributed by atoms with Gasteiger partial charge < -0.3 is 24.2 Å². The molecule has 0 radical (unpaired) electrons. The van der Waals surface area contributed by atoms with Gasteiger partial charge in [-0.05, 0) is 26.0 Å². The molecule has 3 aromatic rings.